The number of rotatable bonds is 3. The molecule has 5 nitrogen and oxygen atoms in total. The SMILES string of the molecule is CCN1C[C@H]2CCN(Cc3cncnc3)[C@H](C2)C1=O. The first kappa shape index (κ1) is 12.5. The maximum absolute atomic E-state index is 12.4. The minimum absolute atomic E-state index is 0.0626. The van der Waals surface area contributed by atoms with Crippen molar-refractivity contribution in [3.05, 3.63) is 24.3 Å². The molecule has 2 aliphatic rings. The van der Waals surface area contributed by atoms with Crippen LogP contribution >= 0.6 is 0 Å². The number of likely N-dealkylation sites (tertiary alicyclic amines) is 2. The van der Waals surface area contributed by atoms with Crippen molar-refractivity contribution in [2.75, 3.05) is 19.6 Å². The Labute approximate surface area is 113 Å². The highest BCUT2D eigenvalue weighted by molar-refractivity contribution is 5.83. The van der Waals surface area contributed by atoms with Gasteiger partial charge in [0.1, 0.15) is 6.33 Å². The number of fused-ring (bicyclic) bond motifs is 2. The van der Waals surface area contributed by atoms with Gasteiger partial charge >= 0.3 is 0 Å². The van der Waals surface area contributed by atoms with Crippen LogP contribution in [0, 0.1) is 5.92 Å². The van der Waals surface area contributed by atoms with E-state index >= 15 is 0 Å². The molecular formula is C14H20N4O. The fourth-order valence-electron chi connectivity index (χ4n) is 3.24. The Morgan fingerprint density at radius 2 is 2.16 bits per heavy atom. The first-order valence-electron chi connectivity index (χ1n) is 7.04. The number of hydrogen-bond donors (Lipinski definition) is 0. The Hall–Kier alpha value is -1.49. The zero-order valence-corrected chi connectivity index (χ0v) is 11.3. The van der Waals surface area contributed by atoms with Crippen LogP contribution in [0.4, 0.5) is 0 Å². The van der Waals surface area contributed by atoms with E-state index < -0.39 is 0 Å². The van der Waals surface area contributed by atoms with Gasteiger partial charge in [0.2, 0.25) is 5.91 Å². The molecule has 0 N–H and O–H groups in total. The topological polar surface area (TPSA) is 49.3 Å². The first-order chi connectivity index (χ1) is 9.28. The lowest BCUT2D eigenvalue weighted by molar-refractivity contribution is -0.145. The van der Waals surface area contributed by atoms with Crippen LogP contribution in [-0.4, -0.2) is 51.4 Å². The van der Waals surface area contributed by atoms with E-state index in [-0.39, 0.29) is 6.04 Å². The van der Waals surface area contributed by atoms with Gasteiger partial charge in [-0.05, 0) is 32.2 Å². The second-order valence-electron chi connectivity index (χ2n) is 5.50. The Morgan fingerprint density at radius 1 is 1.37 bits per heavy atom. The van der Waals surface area contributed by atoms with Gasteiger partial charge in [-0.25, -0.2) is 9.97 Å². The third-order valence-corrected chi connectivity index (χ3v) is 4.28. The van der Waals surface area contributed by atoms with Crippen LogP contribution in [0.2, 0.25) is 0 Å². The van der Waals surface area contributed by atoms with Gasteiger partial charge in [-0.1, -0.05) is 0 Å². The molecule has 2 aliphatic heterocycles. The predicted octanol–water partition coefficient (Wildman–Crippen LogP) is 0.919. The number of nitrogens with zero attached hydrogens (tertiary/aromatic N) is 4. The van der Waals surface area contributed by atoms with Crippen molar-refractivity contribution >= 4 is 5.91 Å². The molecule has 1 amide bonds. The van der Waals surface area contributed by atoms with Gasteiger partial charge in [0, 0.05) is 37.6 Å². The Morgan fingerprint density at radius 3 is 2.89 bits per heavy atom. The molecule has 0 radical (unpaired) electrons. The zero-order chi connectivity index (χ0) is 13.2. The van der Waals surface area contributed by atoms with Crippen molar-refractivity contribution < 1.29 is 4.79 Å². The molecule has 0 spiro atoms. The fourth-order valence-corrected chi connectivity index (χ4v) is 3.24. The highest BCUT2D eigenvalue weighted by Gasteiger charge is 2.40. The summed E-state index contributed by atoms with van der Waals surface area (Å²) < 4.78 is 0. The Balaban J connectivity index is 1.74. The van der Waals surface area contributed by atoms with E-state index in [9.17, 15) is 4.79 Å². The highest BCUT2D eigenvalue weighted by atomic mass is 16.2. The molecule has 0 saturated carbocycles. The van der Waals surface area contributed by atoms with E-state index in [1.165, 1.54) is 6.42 Å². The minimum Gasteiger partial charge on any atom is -0.341 e. The van der Waals surface area contributed by atoms with Gasteiger partial charge in [-0.15, -0.1) is 0 Å². The molecule has 5 heteroatoms. The monoisotopic (exact) mass is 260 g/mol. The van der Waals surface area contributed by atoms with Gasteiger partial charge in [0.05, 0.1) is 6.04 Å². The Kier molecular flexibility index (Phi) is 3.46. The van der Waals surface area contributed by atoms with Crippen molar-refractivity contribution in [2.24, 2.45) is 5.92 Å². The first-order valence-corrected chi connectivity index (χ1v) is 7.04. The van der Waals surface area contributed by atoms with Crippen molar-refractivity contribution in [3.63, 3.8) is 0 Å². The van der Waals surface area contributed by atoms with Crippen molar-refractivity contribution in [2.45, 2.75) is 32.4 Å². The van der Waals surface area contributed by atoms with Crippen LogP contribution in [0.1, 0.15) is 25.3 Å². The molecule has 1 aromatic rings. The third-order valence-electron chi connectivity index (χ3n) is 4.28. The number of amides is 1. The van der Waals surface area contributed by atoms with Crippen LogP contribution in [0.3, 0.4) is 0 Å². The average molecular weight is 260 g/mol. The molecule has 3 rings (SSSR count). The summed E-state index contributed by atoms with van der Waals surface area (Å²) >= 11 is 0. The van der Waals surface area contributed by atoms with Gasteiger partial charge in [-0.3, -0.25) is 9.69 Å². The number of carbonyl (C=O) groups is 1. The lowest BCUT2D eigenvalue weighted by Crippen LogP contribution is -2.58. The lowest BCUT2D eigenvalue weighted by Gasteiger charge is -2.46. The fraction of sp³-hybridized carbons (Fsp3) is 0.643. The van der Waals surface area contributed by atoms with E-state index in [2.05, 4.69) is 21.8 Å². The molecule has 2 bridgehead atoms. The van der Waals surface area contributed by atoms with Gasteiger partial charge < -0.3 is 4.90 Å². The molecule has 0 aromatic carbocycles. The summed E-state index contributed by atoms with van der Waals surface area (Å²) in [5, 5.41) is 0. The molecule has 2 fully saturated rings. The highest BCUT2D eigenvalue weighted by Crippen LogP contribution is 2.30. The van der Waals surface area contributed by atoms with Crippen LogP contribution in [0.15, 0.2) is 18.7 Å². The van der Waals surface area contributed by atoms with Gasteiger partial charge in [0.25, 0.3) is 0 Å². The average Bonchev–Trinajstić information content (AvgIpc) is 2.46. The standard InChI is InChI=1S/C14H20N4O/c1-2-17-8-11-3-4-18(13(5-11)14(17)19)9-12-6-15-10-16-7-12/h6-7,10-11,13H,2-5,8-9H2,1H3/t11-,13+/m0/s1. The van der Waals surface area contributed by atoms with Crippen molar-refractivity contribution in [3.8, 4) is 0 Å². The van der Waals surface area contributed by atoms with E-state index in [1.54, 1.807) is 6.33 Å². The molecular weight excluding hydrogens is 240 g/mol. The summed E-state index contributed by atoms with van der Waals surface area (Å²) in [6, 6.07) is 0.0626. The second kappa shape index (κ2) is 5.25. The van der Waals surface area contributed by atoms with Crippen LogP contribution in [-0.2, 0) is 11.3 Å². The number of aromatic nitrogens is 2. The smallest absolute Gasteiger partial charge is 0.239 e. The number of likely N-dealkylation sites (N-methyl/N-ethyl adjacent to an activating group) is 1. The summed E-state index contributed by atoms with van der Waals surface area (Å²) in [5.41, 5.74) is 1.09. The second-order valence-corrected chi connectivity index (χ2v) is 5.50. The lowest BCUT2D eigenvalue weighted by atomic mass is 9.85. The Bertz CT molecular complexity index is 450. The third kappa shape index (κ3) is 2.47. The van der Waals surface area contributed by atoms with Crippen molar-refractivity contribution in [1.82, 2.24) is 19.8 Å². The van der Waals surface area contributed by atoms with Crippen LogP contribution < -0.4 is 0 Å². The summed E-state index contributed by atoms with van der Waals surface area (Å²) in [4.78, 5) is 24.8. The zero-order valence-electron chi connectivity index (χ0n) is 11.3. The van der Waals surface area contributed by atoms with E-state index in [0.717, 1.165) is 38.2 Å². The number of hydrogen-bond acceptors (Lipinski definition) is 4. The summed E-state index contributed by atoms with van der Waals surface area (Å²) in [6.07, 6.45) is 7.42. The molecule has 19 heavy (non-hydrogen) atoms. The number of piperidine rings is 2. The van der Waals surface area contributed by atoms with Gasteiger partial charge in [0.15, 0.2) is 0 Å². The number of carbonyl (C=O) groups excluding carboxylic acids is 1. The molecule has 0 unspecified atom stereocenters. The molecule has 2 atom stereocenters. The minimum atomic E-state index is 0.0626. The van der Waals surface area contributed by atoms with E-state index in [4.69, 9.17) is 0 Å². The van der Waals surface area contributed by atoms with Gasteiger partial charge in [-0.2, -0.15) is 0 Å². The summed E-state index contributed by atoms with van der Waals surface area (Å²) in [7, 11) is 0. The van der Waals surface area contributed by atoms with Crippen LogP contribution in [0.25, 0.3) is 0 Å². The van der Waals surface area contributed by atoms with Crippen molar-refractivity contribution in [1.29, 1.82) is 0 Å². The quantitative estimate of drug-likeness (QED) is 0.811. The maximum Gasteiger partial charge on any atom is 0.239 e. The largest absolute Gasteiger partial charge is 0.341 e. The normalized spacial score (nSPS) is 27.6. The summed E-state index contributed by atoms with van der Waals surface area (Å²) in [5.74, 6) is 0.987. The van der Waals surface area contributed by atoms with Crippen LogP contribution in [0.5, 0.6) is 0 Å². The van der Waals surface area contributed by atoms with E-state index in [1.807, 2.05) is 17.3 Å². The molecule has 2 saturated heterocycles. The molecule has 102 valence electrons. The summed E-state index contributed by atoms with van der Waals surface area (Å²) in [6.45, 7) is 5.63. The molecule has 0 aliphatic carbocycles. The molecule has 1 aromatic heterocycles. The predicted molar refractivity (Wildman–Crippen MR) is 71.2 cm³/mol. The maximum atomic E-state index is 12.4. The van der Waals surface area contributed by atoms with E-state index in [0.29, 0.717) is 11.8 Å². The molecule has 3 heterocycles.